The molecule has 3 N–H and O–H groups in total. The van der Waals surface area contributed by atoms with E-state index in [9.17, 15) is 13.6 Å². The van der Waals surface area contributed by atoms with Gasteiger partial charge in [-0.25, -0.2) is 8.78 Å². The Balaban J connectivity index is 2.22. The Morgan fingerprint density at radius 2 is 1.76 bits per heavy atom. The molecule has 6 heteroatoms. The highest BCUT2D eigenvalue weighted by Gasteiger charge is 2.13. The number of carbonyl (C=O) groups is 1. The first-order valence-corrected chi connectivity index (χ1v) is 6.21. The summed E-state index contributed by atoms with van der Waals surface area (Å²) in [7, 11) is 3.76. The van der Waals surface area contributed by atoms with E-state index in [4.69, 9.17) is 5.73 Å². The minimum Gasteiger partial charge on any atom is -0.397 e. The predicted octanol–water partition coefficient (Wildman–Crippen LogP) is 2.87. The van der Waals surface area contributed by atoms with Gasteiger partial charge < -0.3 is 16.0 Å². The van der Waals surface area contributed by atoms with Crippen LogP contribution in [0.5, 0.6) is 0 Å². The van der Waals surface area contributed by atoms with Crippen LogP contribution in [0.15, 0.2) is 36.4 Å². The molecule has 0 saturated heterocycles. The minimum atomic E-state index is -0.911. The van der Waals surface area contributed by atoms with Gasteiger partial charge in [0.2, 0.25) is 0 Å². The van der Waals surface area contributed by atoms with E-state index < -0.39 is 17.5 Å². The Hall–Kier alpha value is -2.63. The van der Waals surface area contributed by atoms with Crippen LogP contribution in [0, 0.1) is 11.6 Å². The Kier molecular flexibility index (Phi) is 4.07. The van der Waals surface area contributed by atoms with Crippen LogP contribution in [0.2, 0.25) is 0 Å². The number of nitrogens with zero attached hydrogens (tertiary/aromatic N) is 1. The van der Waals surface area contributed by atoms with E-state index in [1.54, 1.807) is 24.3 Å². The monoisotopic (exact) mass is 291 g/mol. The molecule has 21 heavy (non-hydrogen) atoms. The molecule has 0 unspecified atom stereocenters. The maximum atomic E-state index is 13.6. The largest absolute Gasteiger partial charge is 0.397 e. The number of carbonyl (C=O) groups excluding carboxylic acids is 1. The van der Waals surface area contributed by atoms with Gasteiger partial charge in [0.25, 0.3) is 5.91 Å². The second-order valence-corrected chi connectivity index (χ2v) is 4.75. The average molecular weight is 291 g/mol. The SMILES string of the molecule is CN(C)c1ccc(C(=O)Nc2c(N)cc(F)cc2F)cc1. The second-order valence-electron chi connectivity index (χ2n) is 4.75. The smallest absolute Gasteiger partial charge is 0.255 e. The number of nitrogen functional groups attached to an aromatic ring is 1. The lowest BCUT2D eigenvalue weighted by Gasteiger charge is -2.13. The summed E-state index contributed by atoms with van der Waals surface area (Å²) in [6.07, 6.45) is 0. The molecule has 0 aliphatic carbocycles. The first kappa shape index (κ1) is 14.8. The Morgan fingerprint density at radius 3 is 2.29 bits per heavy atom. The average Bonchev–Trinajstić information content (AvgIpc) is 2.42. The van der Waals surface area contributed by atoms with Crippen molar-refractivity contribution >= 4 is 23.0 Å². The van der Waals surface area contributed by atoms with Gasteiger partial charge in [0, 0.05) is 31.4 Å². The van der Waals surface area contributed by atoms with E-state index in [-0.39, 0.29) is 11.4 Å². The fraction of sp³-hybridized carbons (Fsp3) is 0.133. The van der Waals surface area contributed by atoms with Gasteiger partial charge in [-0.1, -0.05) is 0 Å². The van der Waals surface area contributed by atoms with Crippen LogP contribution >= 0.6 is 0 Å². The Bertz CT molecular complexity index is 646. The first-order chi connectivity index (χ1) is 9.88. The zero-order chi connectivity index (χ0) is 15.6. The summed E-state index contributed by atoms with van der Waals surface area (Å²) in [4.78, 5) is 13.9. The van der Waals surface area contributed by atoms with Gasteiger partial charge in [0.15, 0.2) is 5.82 Å². The van der Waals surface area contributed by atoms with E-state index in [0.717, 1.165) is 11.8 Å². The second kappa shape index (κ2) is 5.78. The third-order valence-corrected chi connectivity index (χ3v) is 2.97. The van der Waals surface area contributed by atoms with E-state index in [2.05, 4.69) is 5.32 Å². The standard InChI is InChI=1S/C15H15F2N3O/c1-20(2)11-5-3-9(4-6-11)15(21)19-14-12(17)7-10(16)8-13(14)18/h3-8H,18H2,1-2H3,(H,19,21). The molecule has 2 aromatic rings. The third kappa shape index (κ3) is 3.28. The lowest BCUT2D eigenvalue weighted by molar-refractivity contribution is 0.102. The van der Waals surface area contributed by atoms with Crippen molar-refractivity contribution in [2.45, 2.75) is 0 Å². The van der Waals surface area contributed by atoms with Crippen LogP contribution < -0.4 is 16.0 Å². The van der Waals surface area contributed by atoms with Crippen molar-refractivity contribution in [1.82, 2.24) is 0 Å². The normalized spacial score (nSPS) is 10.3. The number of amides is 1. The highest BCUT2D eigenvalue weighted by Crippen LogP contribution is 2.24. The van der Waals surface area contributed by atoms with Crippen LogP contribution in [0.3, 0.4) is 0 Å². The number of benzene rings is 2. The molecule has 0 aliphatic heterocycles. The number of halogens is 2. The molecule has 2 rings (SSSR count). The summed E-state index contributed by atoms with van der Waals surface area (Å²) < 4.78 is 26.6. The lowest BCUT2D eigenvalue weighted by Crippen LogP contribution is -2.15. The number of hydrogen-bond acceptors (Lipinski definition) is 3. The molecule has 0 bridgehead atoms. The highest BCUT2D eigenvalue weighted by molar-refractivity contribution is 6.06. The van der Waals surface area contributed by atoms with Crippen LogP contribution in [0.1, 0.15) is 10.4 Å². The predicted molar refractivity (Wildman–Crippen MR) is 79.5 cm³/mol. The Labute approximate surface area is 121 Å². The fourth-order valence-corrected chi connectivity index (χ4v) is 1.82. The molecular weight excluding hydrogens is 276 g/mol. The molecule has 0 aliphatic rings. The lowest BCUT2D eigenvalue weighted by atomic mass is 10.1. The molecule has 0 atom stereocenters. The molecule has 0 saturated carbocycles. The van der Waals surface area contributed by atoms with Gasteiger partial charge >= 0.3 is 0 Å². The van der Waals surface area contributed by atoms with Gasteiger partial charge in [0.1, 0.15) is 11.5 Å². The highest BCUT2D eigenvalue weighted by atomic mass is 19.1. The van der Waals surface area contributed by atoms with Crippen molar-refractivity contribution in [3.8, 4) is 0 Å². The fourth-order valence-electron chi connectivity index (χ4n) is 1.82. The van der Waals surface area contributed by atoms with Gasteiger partial charge in [-0.05, 0) is 30.3 Å². The summed E-state index contributed by atoms with van der Waals surface area (Å²) in [6, 6.07) is 8.37. The van der Waals surface area contributed by atoms with Crippen molar-refractivity contribution in [3.05, 3.63) is 53.6 Å². The molecule has 0 fully saturated rings. The van der Waals surface area contributed by atoms with Gasteiger partial charge in [0.05, 0.1) is 5.69 Å². The third-order valence-electron chi connectivity index (χ3n) is 2.97. The molecule has 0 heterocycles. The van der Waals surface area contributed by atoms with Crippen molar-refractivity contribution in [1.29, 1.82) is 0 Å². The van der Waals surface area contributed by atoms with Crippen molar-refractivity contribution in [2.24, 2.45) is 0 Å². The van der Waals surface area contributed by atoms with Crippen molar-refractivity contribution < 1.29 is 13.6 Å². The van der Waals surface area contributed by atoms with Crippen LogP contribution in [0.25, 0.3) is 0 Å². The Morgan fingerprint density at radius 1 is 1.14 bits per heavy atom. The van der Waals surface area contributed by atoms with Gasteiger partial charge in [-0.2, -0.15) is 0 Å². The number of rotatable bonds is 3. The quantitative estimate of drug-likeness (QED) is 0.855. The number of nitrogens with one attached hydrogen (secondary N) is 1. The number of hydrogen-bond donors (Lipinski definition) is 2. The van der Waals surface area contributed by atoms with Crippen molar-refractivity contribution in [2.75, 3.05) is 30.0 Å². The van der Waals surface area contributed by atoms with E-state index in [1.165, 1.54) is 0 Å². The van der Waals surface area contributed by atoms with Crippen LogP contribution in [-0.4, -0.2) is 20.0 Å². The van der Waals surface area contributed by atoms with E-state index in [0.29, 0.717) is 11.6 Å². The topological polar surface area (TPSA) is 58.4 Å². The zero-order valence-corrected chi connectivity index (χ0v) is 11.7. The maximum Gasteiger partial charge on any atom is 0.255 e. The minimum absolute atomic E-state index is 0.161. The van der Waals surface area contributed by atoms with E-state index in [1.807, 2.05) is 19.0 Å². The molecule has 110 valence electrons. The van der Waals surface area contributed by atoms with Gasteiger partial charge in [-0.15, -0.1) is 0 Å². The molecule has 1 amide bonds. The van der Waals surface area contributed by atoms with Crippen LogP contribution in [0.4, 0.5) is 25.8 Å². The molecule has 4 nitrogen and oxygen atoms in total. The molecule has 0 spiro atoms. The summed E-state index contributed by atoms with van der Waals surface area (Å²) in [5.41, 5.74) is 6.41. The summed E-state index contributed by atoms with van der Waals surface area (Å²) in [5, 5.41) is 2.35. The first-order valence-electron chi connectivity index (χ1n) is 6.21. The number of nitrogens with two attached hydrogens (primary N) is 1. The number of anilines is 3. The summed E-state index contributed by atoms with van der Waals surface area (Å²) in [5.74, 6) is -2.22. The van der Waals surface area contributed by atoms with Gasteiger partial charge in [-0.3, -0.25) is 4.79 Å². The van der Waals surface area contributed by atoms with E-state index >= 15 is 0 Å². The van der Waals surface area contributed by atoms with Crippen LogP contribution in [-0.2, 0) is 0 Å². The summed E-state index contributed by atoms with van der Waals surface area (Å²) in [6.45, 7) is 0. The maximum absolute atomic E-state index is 13.6. The molecule has 0 radical (unpaired) electrons. The summed E-state index contributed by atoms with van der Waals surface area (Å²) >= 11 is 0. The molecule has 2 aromatic carbocycles. The molecular formula is C15H15F2N3O. The van der Waals surface area contributed by atoms with Crippen molar-refractivity contribution in [3.63, 3.8) is 0 Å². The zero-order valence-electron chi connectivity index (χ0n) is 11.7. The molecule has 0 aromatic heterocycles.